The first kappa shape index (κ1) is 17.7. The molecule has 1 aliphatic heterocycles. The Bertz CT molecular complexity index is 716. The number of hydrogen-bond acceptors (Lipinski definition) is 3. The van der Waals surface area contributed by atoms with Gasteiger partial charge in [0.05, 0.1) is 5.56 Å². The second-order valence-electron chi connectivity index (χ2n) is 8.32. The molecule has 0 saturated carbocycles. The van der Waals surface area contributed by atoms with Crippen molar-refractivity contribution in [3.8, 4) is 5.75 Å². The highest BCUT2D eigenvalue weighted by Crippen LogP contribution is 2.39. The molecule has 3 heteroatoms. The predicted molar refractivity (Wildman–Crippen MR) is 101 cm³/mol. The lowest BCUT2D eigenvalue weighted by Gasteiger charge is -2.46. The molecule has 0 atom stereocenters. The van der Waals surface area contributed by atoms with E-state index in [-0.39, 0.29) is 17.0 Å². The van der Waals surface area contributed by atoms with Crippen LogP contribution in [-0.4, -0.2) is 17.0 Å². The number of carbonyl (C=O) groups is 1. The average Bonchev–Trinajstić information content (AvgIpc) is 2.53. The molecule has 2 aromatic carbocycles. The van der Waals surface area contributed by atoms with Crippen LogP contribution in [0.1, 0.15) is 62.4 Å². The largest absolute Gasteiger partial charge is 0.423 e. The molecular formula is C22H27NO2. The molecule has 0 bridgehead atoms. The van der Waals surface area contributed by atoms with Crippen molar-refractivity contribution in [2.24, 2.45) is 0 Å². The van der Waals surface area contributed by atoms with Gasteiger partial charge in [-0.3, -0.25) is 0 Å². The van der Waals surface area contributed by atoms with Gasteiger partial charge >= 0.3 is 5.97 Å². The summed E-state index contributed by atoms with van der Waals surface area (Å²) < 4.78 is 5.47. The number of rotatable bonds is 3. The molecule has 0 unspecified atom stereocenters. The summed E-state index contributed by atoms with van der Waals surface area (Å²) in [6.45, 7) is 9.04. The number of nitrogens with one attached hydrogen (secondary N) is 1. The van der Waals surface area contributed by atoms with E-state index in [0.29, 0.717) is 17.2 Å². The van der Waals surface area contributed by atoms with Crippen molar-refractivity contribution >= 4 is 5.97 Å². The molecule has 0 spiro atoms. The van der Waals surface area contributed by atoms with Crippen molar-refractivity contribution in [2.45, 2.75) is 57.5 Å². The van der Waals surface area contributed by atoms with Gasteiger partial charge in [-0.25, -0.2) is 4.79 Å². The molecule has 2 aromatic rings. The van der Waals surface area contributed by atoms with Crippen molar-refractivity contribution in [1.29, 1.82) is 0 Å². The summed E-state index contributed by atoms with van der Waals surface area (Å²) in [7, 11) is 0. The van der Waals surface area contributed by atoms with E-state index in [9.17, 15) is 4.79 Å². The maximum Gasteiger partial charge on any atom is 0.343 e. The zero-order valence-corrected chi connectivity index (χ0v) is 15.5. The van der Waals surface area contributed by atoms with Crippen LogP contribution < -0.4 is 10.1 Å². The Labute approximate surface area is 150 Å². The predicted octanol–water partition coefficient (Wildman–Crippen LogP) is 4.93. The molecule has 0 amide bonds. The van der Waals surface area contributed by atoms with Crippen LogP contribution in [0.2, 0.25) is 0 Å². The Morgan fingerprint density at radius 1 is 0.920 bits per heavy atom. The first-order valence-electron chi connectivity index (χ1n) is 8.91. The van der Waals surface area contributed by atoms with Gasteiger partial charge in [-0.05, 0) is 76.3 Å². The van der Waals surface area contributed by atoms with Crippen LogP contribution >= 0.6 is 0 Å². The fraction of sp³-hybridized carbons (Fsp3) is 0.409. The molecule has 0 aliphatic carbocycles. The van der Waals surface area contributed by atoms with Crippen molar-refractivity contribution in [2.75, 3.05) is 0 Å². The summed E-state index contributed by atoms with van der Waals surface area (Å²) in [5, 5.41) is 3.72. The van der Waals surface area contributed by atoms with E-state index in [0.717, 1.165) is 12.8 Å². The molecule has 1 heterocycles. The summed E-state index contributed by atoms with van der Waals surface area (Å²) in [4.78, 5) is 12.1. The van der Waals surface area contributed by atoms with Gasteiger partial charge in [-0.1, -0.05) is 30.3 Å². The lowest BCUT2D eigenvalue weighted by atomic mass is 9.73. The van der Waals surface area contributed by atoms with Crippen molar-refractivity contribution < 1.29 is 9.53 Å². The van der Waals surface area contributed by atoms with E-state index in [1.807, 2.05) is 30.3 Å². The molecule has 1 saturated heterocycles. The zero-order chi connectivity index (χ0) is 18.1. The topological polar surface area (TPSA) is 38.3 Å². The molecule has 3 rings (SSSR count). The fourth-order valence-corrected chi connectivity index (χ4v) is 4.11. The average molecular weight is 337 g/mol. The minimum atomic E-state index is -0.322. The molecule has 0 aromatic heterocycles. The number of hydrogen-bond donors (Lipinski definition) is 1. The Hall–Kier alpha value is -2.13. The smallest absolute Gasteiger partial charge is 0.343 e. The summed E-state index contributed by atoms with van der Waals surface area (Å²) in [6, 6.07) is 17.1. The summed E-state index contributed by atoms with van der Waals surface area (Å²) >= 11 is 0. The summed E-state index contributed by atoms with van der Waals surface area (Å²) in [5.41, 5.74) is 2.10. The molecule has 1 aliphatic rings. The zero-order valence-electron chi connectivity index (χ0n) is 15.5. The third kappa shape index (κ3) is 4.49. The standard InChI is InChI=1S/C22H27NO2/c1-21(2)14-18(15-22(3,4)23-21)16-10-12-19(13-11-16)25-20(24)17-8-6-5-7-9-17/h5-13,18,23H,14-15H2,1-4H3. The van der Waals surface area contributed by atoms with Crippen LogP contribution in [0.25, 0.3) is 0 Å². The first-order valence-corrected chi connectivity index (χ1v) is 8.91. The van der Waals surface area contributed by atoms with Gasteiger partial charge in [0, 0.05) is 11.1 Å². The SMILES string of the molecule is CC1(C)CC(c2ccc(OC(=O)c3ccccc3)cc2)CC(C)(C)N1. The molecule has 1 N–H and O–H groups in total. The van der Waals surface area contributed by atoms with Crippen LogP contribution in [0, 0.1) is 0 Å². The highest BCUT2D eigenvalue weighted by Gasteiger charge is 2.38. The number of ether oxygens (including phenoxy) is 1. The maximum absolute atomic E-state index is 12.1. The number of benzene rings is 2. The van der Waals surface area contributed by atoms with E-state index in [1.54, 1.807) is 12.1 Å². The second-order valence-corrected chi connectivity index (χ2v) is 8.32. The Morgan fingerprint density at radius 2 is 1.48 bits per heavy atom. The van der Waals surface area contributed by atoms with Gasteiger partial charge in [0.1, 0.15) is 5.75 Å². The van der Waals surface area contributed by atoms with E-state index in [2.05, 4.69) is 45.1 Å². The number of carbonyl (C=O) groups excluding carboxylic acids is 1. The highest BCUT2D eigenvalue weighted by atomic mass is 16.5. The van der Waals surface area contributed by atoms with Crippen LogP contribution in [-0.2, 0) is 0 Å². The normalized spacial score (nSPS) is 19.4. The maximum atomic E-state index is 12.1. The van der Waals surface area contributed by atoms with Gasteiger partial charge in [0.2, 0.25) is 0 Å². The minimum absolute atomic E-state index is 0.116. The summed E-state index contributed by atoms with van der Waals surface area (Å²) in [5.74, 6) is 0.771. The van der Waals surface area contributed by atoms with Gasteiger partial charge in [0.25, 0.3) is 0 Å². The van der Waals surface area contributed by atoms with Crippen LogP contribution in [0.15, 0.2) is 54.6 Å². The van der Waals surface area contributed by atoms with E-state index >= 15 is 0 Å². The van der Waals surface area contributed by atoms with Gasteiger partial charge in [-0.2, -0.15) is 0 Å². The molecule has 1 fully saturated rings. The lowest BCUT2D eigenvalue weighted by Crippen LogP contribution is -2.57. The quantitative estimate of drug-likeness (QED) is 0.637. The minimum Gasteiger partial charge on any atom is -0.423 e. The van der Waals surface area contributed by atoms with Crippen molar-refractivity contribution in [3.05, 3.63) is 65.7 Å². The third-order valence-electron chi connectivity index (χ3n) is 4.76. The summed E-state index contributed by atoms with van der Waals surface area (Å²) in [6.07, 6.45) is 2.19. The van der Waals surface area contributed by atoms with Gasteiger partial charge < -0.3 is 10.1 Å². The number of piperidine rings is 1. The molecule has 0 radical (unpaired) electrons. The van der Waals surface area contributed by atoms with Crippen molar-refractivity contribution in [1.82, 2.24) is 5.32 Å². The molecule has 3 nitrogen and oxygen atoms in total. The third-order valence-corrected chi connectivity index (χ3v) is 4.76. The number of esters is 1. The second kappa shape index (κ2) is 6.64. The lowest BCUT2D eigenvalue weighted by molar-refractivity contribution is 0.0734. The van der Waals surface area contributed by atoms with Gasteiger partial charge in [-0.15, -0.1) is 0 Å². The van der Waals surface area contributed by atoms with E-state index in [1.165, 1.54) is 5.56 Å². The van der Waals surface area contributed by atoms with Crippen LogP contribution in [0.3, 0.4) is 0 Å². The Kier molecular flexibility index (Phi) is 4.70. The Balaban J connectivity index is 1.71. The molecular weight excluding hydrogens is 310 g/mol. The molecule has 132 valence electrons. The monoisotopic (exact) mass is 337 g/mol. The van der Waals surface area contributed by atoms with Crippen molar-refractivity contribution in [3.63, 3.8) is 0 Å². The van der Waals surface area contributed by atoms with Gasteiger partial charge in [0.15, 0.2) is 0 Å². The first-order chi connectivity index (χ1) is 11.7. The highest BCUT2D eigenvalue weighted by molar-refractivity contribution is 5.90. The van der Waals surface area contributed by atoms with E-state index < -0.39 is 0 Å². The fourth-order valence-electron chi connectivity index (χ4n) is 4.11. The van der Waals surface area contributed by atoms with E-state index in [4.69, 9.17) is 4.74 Å². The Morgan fingerprint density at radius 3 is 2.04 bits per heavy atom. The molecule has 25 heavy (non-hydrogen) atoms. The van der Waals surface area contributed by atoms with Crippen LogP contribution in [0.5, 0.6) is 5.75 Å². The van der Waals surface area contributed by atoms with Crippen LogP contribution in [0.4, 0.5) is 0 Å².